The highest BCUT2D eigenvalue weighted by Gasteiger charge is 2.34. The van der Waals surface area contributed by atoms with Crippen LogP contribution in [0.1, 0.15) is 17.5 Å². The Morgan fingerprint density at radius 1 is 1.17 bits per heavy atom. The average Bonchev–Trinajstić information content (AvgIpc) is 3.24. The Morgan fingerprint density at radius 2 is 1.97 bits per heavy atom. The molecule has 0 spiro atoms. The van der Waals surface area contributed by atoms with Crippen molar-refractivity contribution in [3.05, 3.63) is 64.7 Å². The highest BCUT2D eigenvalue weighted by atomic mass is 35.5. The number of hydrogen-bond donors (Lipinski definition) is 0. The number of hydrogen-bond acceptors (Lipinski definition) is 5. The molecule has 29 heavy (non-hydrogen) atoms. The molecule has 0 radical (unpaired) electrons. The number of nitrogens with zero attached hydrogens (tertiary/aromatic N) is 3. The Morgan fingerprint density at radius 3 is 2.72 bits per heavy atom. The molecule has 0 aliphatic carbocycles. The van der Waals surface area contributed by atoms with E-state index < -0.39 is 6.10 Å². The third-order valence-corrected chi connectivity index (χ3v) is 5.58. The Bertz CT molecular complexity index is 910. The van der Waals surface area contributed by atoms with E-state index in [1.165, 1.54) is 5.56 Å². The summed E-state index contributed by atoms with van der Waals surface area (Å²) >= 11 is 6.07. The summed E-state index contributed by atoms with van der Waals surface area (Å²) < 4.78 is 5.39. The summed E-state index contributed by atoms with van der Waals surface area (Å²) in [6.07, 6.45) is -0.100. The third kappa shape index (κ3) is 4.54. The second-order valence-electron chi connectivity index (χ2n) is 7.27. The van der Waals surface area contributed by atoms with Crippen LogP contribution in [0.4, 0.5) is 0 Å². The number of methoxy groups -OCH3 is 1. The number of carbonyl (C=O) groups is 1. The van der Waals surface area contributed by atoms with Gasteiger partial charge in [-0.15, -0.1) is 0 Å². The molecule has 2 heterocycles. The third-order valence-electron chi connectivity index (χ3n) is 5.34. The van der Waals surface area contributed by atoms with Gasteiger partial charge in [-0.1, -0.05) is 41.0 Å². The van der Waals surface area contributed by atoms with E-state index in [0.29, 0.717) is 19.5 Å². The fourth-order valence-electron chi connectivity index (χ4n) is 3.78. The van der Waals surface area contributed by atoms with Gasteiger partial charge >= 0.3 is 0 Å². The van der Waals surface area contributed by atoms with Crippen molar-refractivity contribution in [2.45, 2.75) is 19.1 Å². The zero-order valence-corrected chi connectivity index (χ0v) is 17.1. The number of oxime groups is 1. The highest BCUT2D eigenvalue weighted by molar-refractivity contribution is 6.30. The van der Waals surface area contributed by atoms with Crippen LogP contribution in [0.15, 0.2) is 53.7 Å². The molecule has 1 saturated heterocycles. The first kappa shape index (κ1) is 19.7. The van der Waals surface area contributed by atoms with E-state index >= 15 is 0 Å². The minimum atomic E-state index is -0.561. The van der Waals surface area contributed by atoms with Crippen LogP contribution in [0.3, 0.4) is 0 Å². The number of piperazine rings is 1. The van der Waals surface area contributed by atoms with Gasteiger partial charge in [-0.3, -0.25) is 9.69 Å². The van der Waals surface area contributed by atoms with Crippen LogP contribution >= 0.6 is 11.6 Å². The summed E-state index contributed by atoms with van der Waals surface area (Å²) in [6.45, 7) is 3.85. The van der Waals surface area contributed by atoms with Gasteiger partial charge < -0.3 is 14.5 Å². The van der Waals surface area contributed by atoms with Crippen molar-refractivity contribution < 1.29 is 14.4 Å². The van der Waals surface area contributed by atoms with Gasteiger partial charge in [0.25, 0.3) is 5.91 Å². The van der Waals surface area contributed by atoms with E-state index in [1.807, 2.05) is 47.4 Å². The molecule has 4 rings (SSSR count). The van der Waals surface area contributed by atoms with Crippen LogP contribution in [0, 0.1) is 0 Å². The number of ether oxygens (including phenoxy) is 1. The molecule has 0 N–H and O–H groups in total. The molecule has 0 bridgehead atoms. The first-order valence-corrected chi connectivity index (χ1v) is 10.1. The normalized spacial score (nSPS) is 19.6. The first-order chi connectivity index (χ1) is 14.1. The molecule has 2 aliphatic rings. The molecular weight excluding hydrogens is 390 g/mol. The molecule has 1 unspecified atom stereocenters. The fraction of sp³-hybridized carbons (Fsp3) is 0.364. The van der Waals surface area contributed by atoms with Crippen LogP contribution in [-0.2, 0) is 16.2 Å². The van der Waals surface area contributed by atoms with Crippen LogP contribution in [-0.4, -0.2) is 60.8 Å². The Labute approximate surface area is 175 Å². The molecule has 2 aromatic rings. The Kier molecular flexibility index (Phi) is 6.02. The van der Waals surface area contributed by atoms with Gasteiger partial charge in [0.1, 0.15) is 5.75 Å². The van der Waals surface area contributed by atoms with Crippen LogP contribution in [0.25, 0.3) is 0 Å². The quantitative estimate of drug-likeness (QED) is 0.755. The van der Waals surface area contributed by atoms with Crippen molar-refractivity contribution in [1.82, 2.24) is 9.80 Å². The number of carbonyl (C=O) groups excluding carboxylic acids is 1. The predicted molar refractivity (Wildman–Crippen MR) is 112 cm³/mol. The largest absolute Gasteiger partial charge is 0.496 e. The average molecular weight is 414 g/mol. The lowest BCUT2D eigenvalue weighted by Gasteiger charge is -2.35. The molecule has 2 aromatic carbocycles. The molecule has 0 saturated carbocycles. The lowest BCUT2D eigenvalue weighted by atomic mass is 10.0. The van der Waals surface area contributed by atoms with E-state index in [9.17, 15) is 4.79 Å². The lowest BCUT2D eigenvalue weighted by molar-refractivity contribution is -0.143. The van der Waals surface area contributed by atoms with E-state index in [1.54, 1.807) is 7.11 Å². The van der Waals surface area contributed by atoms with Crippen molar-refractivity contribution in [3.63, 3.8) is 0 Å². The molecule has 0 aromatic heterocycles. The first-order valence-electron chi connectivity index (χ1n) is 9.75. The van der Waals surface area contributed by atoms with Crippen molar-refractivity contribution >= 4 is 23.2 Å². The SMILES string of the molecule is COc1ccccc1C1=NOC(C(=O)N2CCN(Cc3cccc(Cl)c3)CC2)C1. The Hall–Kier alpha value is -2.57. The minimum absolute atomic E-state index is 0.000975. The monoisotopic (exact) mass is 413 g/mol. The highest BCUT2D eigenvalue weighted by Crippen LogP contribution is 2.25. The summed E-state index contributed by atoms with van der Waals surface area (Å²) in [7, 11) is 1.63. The summed E-state index contributed by atoms with van der Waals surface area (Å²) in [5.74, 6) is 0.735. The number of para-hydroxylation sites is 1. The fourth-order valence-corrected chi connectivity index (χ4v) is 3.99. The van der Waals surface area contributed by atoms with E-state index in [0.717, 1.165) is 41.7 Å². The van der Waals surface area contributed by atoms with Crippen LogP contribution in [0.5, 0.6) is 5.75 Å². The van der Waals surface area contributed by atoms with Gasteiger partial charge in [0.05, 0.1) is 12.8 Å². The molecule has 6 nitrogen and oxygen atoms in total. The maximum absolute atomic E-state index is 12.9. The zero-order valence-electron chi connectivity index (χ0n) is 16.4. The molecular formula is C22H24ClN3O3. The van der Waals surface area contributed by atoms with Gasteiger partial charge in [-0.2, -0.15) is 0 Å². The van der Waals surface area contributed by atoms with Crippen molar-refractivity contribution in [1.29, 1.82) is 0 Å². The lowest BCUT2D eigenvalue weighted by Crippen LogP contribution is -2.51. The maximum Gasteiger partial charge on any atom is 0.266 e. The number of rotatable bonds is 5. The maximum atomic E-state index is 12.9. The van der Waals surface area contributed by atoms with Crippen LogP contribution in [0.2, 0.25) is 5.02 Å². The zero-order chi connectivity index (χ0) is 20.2. The van der Waals surface area contributed by atoms with E-state index in [2.05, 4.69) is 16.1 Å². The number of amides is 1. The second-order valence-corrected chi connectivity index (χ2v) is 7.70. The number of halogens is 1. The van der Waals surface area contributed by atoms with Crippen LogP contribution < -0.4 is 4.74 Å². The summed E-state index contributed by atoms with van der Waals surface area (Å²) in [5.41, 5.74) is 2.81. The van der Waals surface area contributed by atoms with Gasteiger partial charge in [0.15, 0.2) is 0 Å². The molecule has 152 valence electrons. The summed E-state index contributed by atoms with van der Waals surface area (Å²) in [4.78, 5) is 22.6. The Balaban J connectivity index is 1.30. The topological polar surface area (TPSA) is 54.4 Å². The molecule has 1 atom stereocenters. The molecule has 7 heteroatoms. The van der Waals surface area contributed by atoms with Crippen molar-refractivity contribution in [3.8, 4) is 5.75 Å². The van der Waals surface area contributed by atoms with Gasteiger partial charge in [-0.05, 0) is 29.8 Å². The summed E-state index contributed by atoms with van der Waals surface area (Å²) in [5, 5.41) is 4.91. The van der Waals surface area contributed by atoms with Crippen molar-refractivity contribution in [2.75, 3.05) is 33.3 Å². The van der Waals surface area contributed by atoms with E-state index in [-0.39, 0.29) is 5.91 Å². The van der Waals surface area contributed by atoms with Crippen molar-refractivity contribution in [2.24, 2.45) is 5.16 Å². The second kappa shape index (κ2) is 8.84. The smallest absolute Gasteiger partial charge is 0.266 e. The predicted octanol–water partition coefficient (Wildman–Crippen LogP) is 3.19. The molecule has 2 aliphatic heterocycles. The number of benzene rings is 2. The van der Waals surface area contributed by atoms with Gasteiger partial charge in [0, 0.05) is 49.7 Å². The van der Waals surface area contributed by atoms with Gasteiger partial charge in [-0.25, -0.2) is 0 Å². The van der Waals surface area contributed by atoms with E-state index in [4.69, 9.17) is 21.2 Å². The standard InChI is InChI=1S/C22H24ClN3O3/c1-28-20-8-3-2-7-18(20)19-14-21(29-24-19)22(27)26-11-9-25(10-12-26)15-16-5-4-6-17(23)13-16/h2-8,13,21H,9-12,14-15H2,1H3. The molecule has 1 fully saturated rings. The summed E-state index contributed by atoms with van der Waals surface area (Å²) in [6, 6.07) is 15.6. The minimum Gasteiger partial charge on any atom is -0.496 e. The van der Waals surface area contributed by atoms with Gasteiger partial charge in [0.2, 0.25) is 6.10 Å². The molecule has 1 amide bonds.